The van der Waals surface area contributed by atoms with E-state index < -0.39 is 10.0 Å². The molecule has 0 aromatic heterocycles. The predicted octanol–water partition coefficient (Wildman–Crippen LogP) is 1.69. The molecule has 124 valence electrons. The molecule has 0 radical (unpaired) electrons. The first kappa shape index (κ1) is 17.4. The van der Waals surface area contributed by atoms with Gasteiger partial charge in [-0.3, -0.25) is 0 Å². The van der Waals surface area contributed by atoms with Gasteiger partial charge < -0.3 is 10.1 Å². The molecule has 1 fully saturated rings. The minimum Gasteiger partial charge on any atom is -0.383 e. The molecular weight excluding hydrogens is 300 g/mol. The van der Waals surface area contributed by atoms with Crippen LogP contribution in [0.3, 0.4) is 0 Å². The van der Waals surface area contributed by atoms with Crippen LogP contribution in [0.2, 0.25) is 0 Å². The number of nitrogens with one attached hydrogen (secondary N) is 2. The average Bonchev–Trinajstić information content (AvgIpc) is 2.96. The van der Waals surface area contributed by atoms with Gasteiger partial charge in [-0.1, -0.05) is 25.5 Å². The third kappa shape index (κ3) is 4.29. The molecule has 2 N–H and O–H groups in total. The molecule has 0 bridgehead atoms. The van der Waals surface area contributed by atoms with Gasteiger partial charge in [-0.2, -0.15) is 0 Å². The Hall–Kier alpha value is -0.950. The maximum Gasteiger partial charge on any atom is 0.240 e. The summed E-state index contributed by atoms with van der Waals surface area (Å²) in [6.07, 6.45) is 3.97. The molecule has 0 aliphatic carbocycles. The molecule has 1 aromatic carbocycles. The summed E-state index contributed by atoms with van der Waals surface area (Å²) < 4.78 is 32.8. The molecular formula is C16H26N2O3S. The topological polar surface area (TPSA) is 67.4 Å². The minimum absolute atomic E-state index is 0.288. The Labute approximate surface area is 133 Å². The van der Waals surface area contributed by atoms with Gasteiger partial charge in [-0.05, 0) is 43.5 Å². The Morgan fingerprint density at radius 2 is 2.05 bits per heavy atom. The fourth-order valence-electron chi connectivity index (χ4n) is 2.91. The van der Waals surface area contributed by atoms with Crippen LogP contribution in [-0.4, -0.2) is 40.8 Å². The van der Waals surface area contributed by atoms with Crippen molar-refractivity contribution >= 4 is 10.0 Å². The normalized spacial score (nSPS) is 22.1. The van der Waals surface area contributed by atoms with Crippen molar-refractivity contribution in [2.45, 2.75) is 43.0 Å². The van der Waals surface area contributed by atoms with Crippen molar-refractivity contribution in [3.05, 3.63) is 29.8 Å². The van der Waals surface area contributed by atoms with Crippen LogP contribution in [0.1, 0.15) is 31.7 Å². The summed E-state index contributed by atoms with van der Waals surface area (Å²) in [5, 5.41) is 3.37. The summed E-state index contributed by atoms with van der Waals surface area (Å²) >= 11 is 0. The number of sulfonamides is 1. The van der Waals surface area contributed by atoms with Crippen LogP contribution in [0.4, 0.5) is 0 Å². The van der Waals surface area contributed by atoms with Crippen LogP contribution < -0.4 is 10.0 Å². The Kier molecular flexibility index (Phi) is 5.97. The maximum atomic E-state index is 12.4. The molecule has 1 atom stereocenters. The molecule has 1 heterocycles. The lowest BCUT2D eigenvalue weighted by Gasteiger charge is -2.28. The monoisotopic (exact) mass is 326 g/mol. The van der Waals surface area contributed by atoms with E-state index in [4.69, 9.17) is 4.74 Å². The van der Waals surface area contributed by atoms with E-state index in [1.807, 2.05) is 12.1 Å². The number of hydrogen-bond acceptors (Lipinski definition) is 4. The van der Waals surface area contributed by atoms with Gasteiger partial charge in [-0.25, -0.2) is 13.1 Å². The van der Waals surface area contributed by atoms with Crippen LogP contribution in [-0.2, 0) is 21.2 Å². The molecule has 1 aromatic rings. The number of rotatable bonds is 8. The number of ether oxygens (including phenoxy) is 1. The molecule has 0 spiro atoms. The number of benzene rings is 1. The fourth-order valence-corrected chi connectivity index (χ4v) is 4.04. The first-order valence-electron chi connectivity index (χ1n) is 7.84. The fraction of sp³-hybridized carbons (Fsp3) is 0.625. The van der Waals surface area contributed by atoms with E-state index in [0.717, 1.165) is 37.8 Å². The molecule has 0 saturated carbocycles. The molecule has 0 amide bonds. The largest absolute Gasteiger partial charge is 0.383 e. The van der Waals surface area contributed by atoms with E-state index in [9.17, 15) is 8.42 Å². The molecule has 6 heteroatoms. The van der Waals surface area contributed by atoms with Gasteiger partial charge in [0.2, 0.25) is 10.0 Å². The van der Waals surface area contributed by atoms with E-state index in [1.165, 1.54) is 0 Å². The summed E-state index contributed by atoms with van der Waals surface area (Å²) in [6, 6.07) is 7.13. The highest BCUT2D eigenvalue weighted by atomic mass is 32.2. The zero-order valence-electron chi connectivity index (χ0n) is 13.4. The first-order valence-corrected chi connectivity index (χ1v) is 9.32. The van der Waals surface area contributed by atoms with Crippen molar-refractivity contribution in [2.75, 3.05) is 26.8 Å². The first-order chi connectivity index (χ1) is 10.5. The second-order valence-electron chi connectivity index (χ2n) is 5.96. The summed E-state index contributed by atoms with van der Waals surface area (Å²) in [4.78, 5) is 0.318. The van der Waals surface area contributed by atoms with Crippen LogP contribution >= 0.6 is 0 Å². The molecule has 22 heavy (non-hydrogen) atoms. The van der Waals surface area contributed by atoms with Gasteiger partial charge in [0.15, 0.2) is 0 Å². The van der Waals surface area contributed by atoms with Crippen molar-refractivity contribution < 1.29 is 13.2 Å². The minimum atomic E-state index is -3.48. The van der Waals surface area contributed by atoms with Gasteiger partial charge in [0.1, 0.15) is 0 Å². The Morgan fingerprint density at radius 3 is 2.59 bits per heavy atom. The van der Waals surface area contributed by atoms with Crippen LogP contribution in [0.25, 0.3) is 0 Å². The average molecular weight is 326 g/mol. The van der Waals surface area contributed by atoms with Crippen molar-refractivity contribution in [3.63, 3.8) is 0 Å². The van der Waals surface area contributed by atoms with Gasteiger partial charge in [-0.15, -0.1) is 0 Å². The van der Waals surface area contributed by atoms with Gasteiger partial charge >= 0.3 is 0 Å². The summed E-state index contributed by atoms with van der Waals surface area (Å²) in [5.41, 5.74) is 0.874. The molecule has 2 rings (SSSR count). The predicted molar refractivity (Wildman–Crippen MR) is 87.5 cm³/mol. The Morgan fingerprint density at radius 1 is 1.32 bits per heavy atom. The van der Waals surface area contributed by atoms with E-state index in [0.29, 0.717) is 18.0 Å². The van der Waals surface area contributed by atoms with E-state index in [-0.39, 0.29) is 5.54 Å². The molecule has 1 saturated heterocycles. The third-order valence-electron chi connectivity index (χ3n) is 4.13. The zero-order valence-corrected chi connectivity index (χ0v) is 14.2. The smallest absolute Gasteiger partial charge is 0.240 e. The van der Waals surface area contributed by atoms with Crippen molar-refractivity contribution in [1.82, 2.24) is 10.0 Å². The lowest BCUT2D eigenvalue weighted by molar-refractivity contribution is 0.122. The van der Waals surface area contributed by atoms with Crippen molar-refractivity contribution in [3.8, 4) is 0 Å². The van der Waals surface area contributed by atoms with Crippen LogP contribution in [0.5, 0.6) is 0 Å². The zero-order chi connectivity index (χ0) is 16.1. The highest BCUT2D eigenvalue weighted by Crippen LogP contribution is 2.20. The highest BCUT2D eigenvalue weighted by molar-refractivity contribution is 7.89. The van der Waals surface area contributed by atoms with E-state index >= 15 is 0 Å². The van der Waals surface area contributed by atoms with Gasteiger partial charge in [0.25, 0.3) is 0 Å². The van der Waals surface area contributed by atoms with Gasteiger partial charge in [0, 0.05) is 13.7 Å². The van der Waals surface area contributed by atoms with Crippen LogP contribution in [0.15, 0.2) is 29.2 Å². The number of aryl methyl sites for hydroxylation is 1. The SMILES string of the molecule is CCCc1ccc(S(=O)(=O)NCC2(COC)CCCN2)cc1. The third-order valence-corrected chi connectivity index (χ3v) is 5.54. The summed E-state index contributed by atoms with van der Waals surface area (Å²) in [7, 11) is -1.84. The molecule has 1 unspecified atom stereocenters. The van der Waals surface area contributed by atoms with Crippen molar-refractivity contribution in [2.24, 2.45) is 0 Å². The van der Waals surface area contributed by atoms with Gasteiger partial charge in [0.05, 0.1) is 17.0 Å². The van der Waals surface area contributed by atoms with Crippen molar-refractivity contribution in [1.29, 1.82) is 0 Å². The Balaban J connectivity index is 2.03. The maximum absolute atomic E-state index is 12.4. The number of methoxy groups -OCH3 is 1. The number of hydrogen-bond donors (Lipinski definition) is 2. The van der Waals surface area contributed by atoms with E-state index in [1.54, 1.807) is 19.2 Å². The molecule has 1 aliphatic rings. The van der Waals surface area contributed by atoms with Crippen LogP contribution in [0, 0.1) is 0 Å². The summed E-state index contributed by atoms with van der Waals surface area (Å²) in [5.74, 6) is 0. The quantitative estimate of drug-likeness (QED) is 0.763. The van der Waals surface area contributed by atoms with E-state index in [2.05, 4.69) is 17.0 Å². The molecule has 1 aliphatic heterocycles. The highest BCUT2D eigenvalue weighted by Gasteiger charge is 2.34. The summed E-state index contributed by atoms with van der Waals surface area (Å²) in [6.45, 7) is 3.86. The lowest BCUT2D eigenvalue weighted by Crippen LogP contribution is -2.52. The Bertz CT molecular complexity index is 564. The molecule has 5 nitrogen and oxygen atoms in total. The second kappa shape index (κ2) is 7.55. The lowest BCUT2D eigenvalue weighted by atomic mass is 9.99. The standard InChI is InChI=1S/C16H26N2O3S/c1-3-5-14-6-8-15(9-7-14)22(19,20)18-12-16(13-21-2)10-4-11-17-16/h6-9,17-18H,3-5,10-13H2,1-2H3. The second-order valence-corrected chi connectivity index (χ2v) is 7.73.